The summed E-state index contributed by atoms with van der Waals surface area (Å²) < 4.78 is 27.7. The Labute approximate surface area is 56.5 Å². The number of hydrogen-bond donors (Lipinski definition) is 1. The van der Waals surface area contributed by atoms with Crippen molar-refractivity contribution in [3.63, 3.8) is 0 Å². The van der Waals surface area contributed by atoms with Crippen molar-refractivity contribution in [1.82, 2.24) is 0 Å². The Hall–Kier alpha value is -0.890. The molecule has 0 radical (unpaired) electrons. The molecule has 0 heterocycles. The van der Waals surface area contributed by atoms with E-state index in [0.717, 1.165) is 0 Å². The number of hydrogen-bond acceptors (Lipinski definition) is 5. The Bertz CT molecular complexity index is 206. The molecule has 0 atom stereocenters. The van der Waals surface area contributed by atoms with E-state index >= 15 is 0 Å². The second kappa shape index (κ2) is 3.32. The third kappa shape index (κ3) is 7.11. The molecule has 0 aromatic heterocycles. The first-order valence-corrected chi connectivity index (χ1v) is 3.75. The molecule has 1 N–H and O–H groups in total. The Morgan fingerprint density at radius 2 is 2.10 bits per heavy atom. The number of nitrogens with zero attached hydrogens (tertiary/aromatic N) is 1. The molecular weight excluding hydrogens is 166 g/mol. The highest BCUT2D eigenvalue weighted by Crippen LogP contribution is 1.82. The lowest BCUT2D eigenvalue weighted by Gasteiger charge is -1.93. The van der Waals surface area contributed by atoms with Crippen molar-refractivity contribution >= 4 is 10.1 Å². The largest absolute Gasteiger partial charge is 0.313 e. The average Bonchev–Trinajstić information content (AvgIpc) is 1.59. The van der Waals surface area contributed by atoms with E-state index in [1.807, 2.05) is 0 Å². The summed E-state index contributed by atoms with van der Waals surface area (Å²) in [5, 5.41) is 8.26. The molecule has 0 aliphatic heterocycles. The van der Waals surface area contributed by atoms with Gasteiger partial charge in [0, 0.05) is 0 Å². The molecule has 0 aromatic rings. The van der Waals surface area contributed by atoms with E-state index in [2.05, 4.69) is 4.84 Å². The van der Waals surface area contributed by atoms with Gasteiger partial charge in [-0.15, -0.1) is 10.1 Å². The molecule has 10 heavy (non-hydrogen) atoms. The first-order valence-electron chi connectivity index (χ1n) is 2.14. The van der Waals surface area contributed by atoms with Gasteiger partial charge in [-0.3, -0.25) is 4.55 Å². The van der Waals surface area contributed by atoms with Crippen LogP contribution >= 0.6 is 0 Å². The maximum Gasteiger partial charge on any atom is 0.294 e. The molecule has 0 saturated carbocycles. The zero-order valence-corrected chi connectivity index (χ0v) is 5.57. The van der Waals surface area contributed by atoms with Gasteiger partial charge in [-0.1, -0.05) is 0 Å². The van der Waals surface area contributed by atoms with Gasteiger partial charge in [-0.2, -0.15) is 8.42 Å². The van der Waals surface area contributed by atoms with E-state index in [0.29, 0.717) is 0 Å². The Morgan fingerprint density at radius 1 is 1.60 bits per heavy atom. The van der Waals surface area contributed by atoms with Crippen molar-refractivity contribution in [3.05, 3.63) is 10.1 Å². The van der Waals surface area contributed by atoms with E-state index < -0.39 is 27.6 Å². The lowest BCUT2D eigenvalue weighted by Crippen LogP contribution is -2.13. The molecule has 7 nitrogen and oxygen atoms in total. The SMILES string of the molecule is O=[N+]([O-])OCCS(=O)(=O)O. The molecule has 0 rings (SSSR count). The van der Waals surface area contributed by atoms with Crippen LogP contribution in [0.3, 0.4) is 0 Å². The Balaban J connectivity index is 3.49. The smallest absolute Gasteiger partial charge is 0.294 e. The Kier molecular flexibility index (Phi) is 3.03. The highest BCUT2D eigenvalue weighted by Gasteiger charge is 2.04. The van der Waals surface area contributed by atoms with Gasteiger partial charge < -0.3 is 4.84 Å². The molecule has 0 fully saturated rings. The van der Waals surface area contributed by atoms with Crippen LogP contribution in [0.2, 0.25) is 0 Å². The van der Waals surface area contributed by atoms with Crippen LogP contribution in [0, 0.1) is 10.1 Å². The molecule has 0 aliphatic rings. The minimum atomic E-state index is -4.15. The van der Waals surface area contributed by atoms with Crippen LogP contribution in [-0.4, -0.2) is 30.4 Å². The van der Waals surface area contributed by atoms with E-state index in [-0.39, 0.29) is 0 Å². The van der Waals surface area contributed by atoms with Crippen molar-refractivity contribution in [3.8, 4) is 0 Å². The zero-order chi connectivity index (χ0) is 8.20. The molecule has 0 aliphatic carbocycles. The molecule has 0 amide bonds. The van der Waals surface area contributed by atoms with Crippen LogP contribution in [0.25, 0.3) is 0 Å². The van der Waals surface area contributed by atoms with Gasteiger partial charge in [0.1, 0.15) is 6.61 Å². The predicted octanol–water partition coefficient (Wildman–Crippen LogP) is -0.917. The highest BCUT2D eigenvalue weighted by molar-refractivity contribution is 7.85. The first-order chi connectivity index (χ1) is 4.42. The predicted molar refractivity (Wildman–Crippen MR) is 29.4 cm³/mol. The van der Waals surface area contributed by atoms with Gasteiger partial charge in [0.05, 0.1) is 5.75 Å². The van der Waals surface area contributed by atoms with Crippen LogP contribution in [-0.2, 0) is 15.0 Å². The summed E-state index contributed by atoms with van der Waals surface area (Å²) in [6.07, 6.45) is 0. The summed E-state index contributed by atoms with van der Waals surface area (Å²) in [5.74, 6) is -0.770. The molecule has 0 bridgehead atoms. The highest BCUT2D eigenvalue weighted by atomic mass is 32.2. The van der Waals surface area contributed by atoms with Crippen molar-refractivity contribution in [1.29, 1.82) is 0 Å². The summed E-state index contributed by atoms with van der Waals surface area (Å²) in [4.78, 5) is 13.0. The van der Waals surface area contributed by atoms with Gasteiger partial charge in [-0.05, 0) is 0 Å². The fourth-order valence-electron chi connectivity index (χ4n) is 0.217. The van der Waals surface area contributed by atoms with Gasteiger partial charge in [0.25, 0.3) is 15.2 Å². The van der Waals surface area contributed by atoms with Gasteiger partial charge in [0.15, 0.2) is 0 Å². The minimum Gasteiger partial charge on any atom is -0.313 e. The normalized spacial score (nSPS) is 10.9. The van der Waals surface area contributed by atoms with Crippen molar-refractivity contribution in [2.45, 2.75) is 0 Å². The fraction of sp³-hybridized carbons (Fsp3) is 1.00. The van der Waals surface area contributed by atoms with Gasteiger partial charge in [0.2, 0.25) is 0 Å². The van der Waals surface area contributed by atoms with Crippen molar-refractivity contribution in [2.24, 2.45) is 0 Å². The van der Waals surface area contributed by atoms with E-state index in [4.69, 9.17) is 4.55 Å². The van der Waals surface area contributed by atoms with Crippen LogP contribution in [0.1, 0.15) is 0 Å². The molecule has 60 valence electrons. The van der Waals surface area contributed by atoms with Crippen LogP contribution in [0.15, 0.2) is 0 Å². The zero-order valence-electron chi connectivity index (χ0n) is 4.76. The standard InChI is InChI=1S/C2H5NO6S/c4-3(5)9-1-2-10(6,7)8/h1-2H2,(H,6,7,8). The van der Waals surface area contributed by atoms with Crippen molar-refractivity contribution < 1.29 is 22.9 Å². The van der Waals surface area contributed by atoms with Gasteiger partial charge >= 0.3 is 0 Å². The lowest BCUT2D eigenvalue weighted by atomic mass is 10.9. The summed E-state index contributed by atoms with van der Waals surface area (Å²) in [5.41, 5.74) is 0. The second-order valence-corrected chi connectivity index (χ2v) is 2.91. The number of rotatable bonds is 4. The van der Waals surface area contributed by atoms with E-state index in [9.17, 15) is 18.5 Å². The van der Waals surface area contributed by atoms with E-state index in [1.54, 1.807) is 0 Å². The van der Waals surface area contributed by atoms with Crippen LogP contribution in [0.5, 0.6) is 0 Å². The van der Waals surface area contributed by atoms with Gasteiger partial charge in [-0.25, -0.2) is 0 Å². The molecule has 8 heteroatoms. The Morgan fingerprint density at radius 3 is 2.40 bits per heavy atom. The maximum absolute atomic E-state index is 9.87. The molecule has 0 spiro atoms. The first kappa shape index (κ1) is 9.11. The fourth-order valence-corrected chi connectivity index (χ4v) is 0.502. The van der Waals surface area contributed by atoms with E-state index in [1.165, 1.54) is 0 Å². The molecule has 0 aromatic carbocycles. The quantitative estimate of drug-likeness (QED) is 0.333. The lowest BCUT2D eigenvalue weighted by molar-refractivity contribution is -0.756. The summed E-state index contributed by atoms with van der Waals surface area (Å²) >= 11 is 0. The maximum atomic E-state index is 9.87. The summed E-state index contributed by atoms with van der Waals surface area (Å²) in [6.45, 7) is -0.647. The molecule has 0 unspecified atom stereocenters. The third-order valence-electron chi connectivity index (χ3n) is 0.538. The minimum absolute atomic E-state index is 0.647. The second-order valence-electron chi connectivity index (χ2n) is 1.34. The average molecular weight is 171 g/mol. The van der Waals surface area contributed by atoms with Crippen molar-refractivity contribution in [2.75, 3.05) is 12.4 Å². The van der Waals surface area contributed by atoms with Crippen LogP contribution in [0.4, 0.5) is 0 Å². The third-order valence-corrected chi connectivity index (χ3v) is 1.22. The van der Waals surface area contributed by atoms with Crippen LogP contribution < -0.4 is 0 Å². The molecule has 0 saturated heterocycles. The topological polar surface area (TPSA) is 107 Å². The summed E-state index contributed by atoms with van der Waals surface area (Å²) in [6, 6.07) is 0. The molecular formula is C2H5NO6S. The summed E-state index contributed by atoms with van der Waals surface area (Å²) in [7, 11) is -4.15. The monoisotopic (exact) mass is 171 g/mol.